The zero-order valence-electron chi connectivity index (χ0n) is 12.1. The topological polar surface area (TPSA) is 57.1 Å². The quantitative estimate of drug-likeness (QED) is 0.877. The van der Waals surface area contributed by atoms with Crippen molar-refractivity contribution in [2.45, 2.75) is 32.4 Å². The van der Waals surface area contributed by atoms with E-state index in [1.54, 1.807) is 0 Å². The molecule has 0 radical (unpaired) electrons. The van der Waals surface area contributed by atoms with E-state index in [9.17, 15) is 0 Å². The summed E-state index contributed by atoms with van der Waals surface area (Å²) in [4.78, 5) is 2.43. The molecule has 1 saturated heterocycles. The van der Waals surface area contributed by atoms with E-state index in [2.05, 4.69) is 27.5 Å². The molecular formula is C15H22N4O. The molecule has 0 aliphatic carbocycles. The number of likely N-dealkylation sites (N-methyl/N-ethyl adjacent to an activating group) is 1. The van der Waals surface area contributed by atoms with Gasteiger partial charge in [-0.2, -0.15) is 5.10 Å². The number of likely N-dealkylation sites (tertiary alicyclic amines) is 1. The Balaban J connectivity index is 1.60. The Morgan fingerprint density at radius 3 is 3.10 bits per heavy atom. The molecule has 2 aromatic heterocycles. The van der Waals surface area contributed by atoms with Gasteiger partial charge in [0, 0.05) is 24.7 Å². The van der Waals surface area contributed by atoms with Gasteiger partial charge in [-0.15, -0.1) is 0 Å². The number of aromatic amines is 1. The van der Waals surface area contributed by atoms with Gasteiger partial charge in [0.2, 0.25) is 0 Å². The van der Waals surface area contributed by atoms with E-state index in [1.165, 1.54) is 19.4 Å². The molecule has 5 nitrogen and oxygen atoms in total. The lowest BCUT2D eigenvalue weighted by atomic mass is 10.2. The number of aryl methyl sites for hydroxylation is 1. The van der Waals surface area contributed by atoms with Crippen molar-refractivity contribution in [2.75, 3.05) is 20.1 Å². The fourth-order valence-electron chi connectivity index (χ4n) is 2.84. The Kier molecular flexibility index (Phi) is 3.89. The van der Waals surface area contributed by atoms with Crippen LogP contribution in [0.15, 0.2) is 22.7 Å². The third kappa shape index (κ3) is 2.78. The Morgan fingerprint density at radius 1 is 1.50 bits per heavy atom. The third-order valence-electron chi connectivity index (χ3n) is 4.07. The van der Waals surface area contributed by atoms with Crippen LogP contribution < -0.4 is 5.32 Å². The van der Waals surface area contributed by atoms with Crippen LogP contribution in [0.1, 0.15) is 24.2 Å². The molecule has 0 amide bonds. The normalized spacial score (nSPS) is 19.8. The Bertz CT molecular complexity index is 560. The van der Waals surface area contributed by atoms with E-state index in [0.717, 1.165) is 35.9 Å². The van der Waals surface area contributed by atoms with Crippen LogP contribution in [0.3, 0.4) is 0 Å². The fraction of sp³-hybridized carbons (Fsp3) is 0.533. The Labute approximate surface area is 119 Å². The van der Waals surface area contributed by atoms with Gasteiger partial charge in [0.25, 0.3) is 0 Å². The van der Waals surface area contributed by atoms with Crippen molar-refractivity contribution in [3.63, 3.8) is 0 Å². The molecule has 20 heavy (non-hydrogen) atoms. The number of nitrogens with zero attached hydrogens (tertiary/aromatic N) is 2. The fourth-order valence-corrected chi connectivity index (χ4v) is 2.84. The van der Waals surface area contributed by atoms with Crippen LogP contribution in [0.2, 0.25) is 0 Å². The lowest BCUT2D eigenvalue weighted by Gasteiger charge is -2.19. The maximum absolute atomic E-state index is 5.66. The molecule has 0 bridgehead atoms. The molecule has 1 aliphatic rings. The third-order valence-corrected chi connectivity index (χ3v) is 4.07. The van der Waals surface area contributed by atoms with Crippen molar-refractivity contribution in [2.24, 2.45) is 0 Å². The smallest absolute Gasteiger partial charge is 0.152 e. The van der Waals surface area contributed by atoms with Gasteiger partial charge in [-0.05, 0) is 45.5 Å². The van der Waals surface area contributed by atoms with E-state index in [-0.39, 0.29) is 0 Å². The average Bonchev–Trinajstić information content (AvgIpc) is 3.12. The molecule has 3 heterocycles. The number of aromatic nitrogens is 2. The Hall–Kier alpha value is -1.59. The van der Waals surface area contributed by atoms with Crippen molar-refractivity contribution < 1.29 is 4.42 Å². The molecule has 0 spiro atoms. The van der Waals surface area contributed by atoms with Crippen LogP contribution in [0.4, 0.5) is 0 Å². The van der Waals surface area contributed by atoms with E-state index in [0.29, 0.717) is 6.04 Å². The molecule has 2 N–H and O–H groups in total. The highest BCUT2D eigenvalue weighted by Crippen LogP contribution is 2.23. The van der Waals surface area contributed by atoms with Crippen LogP contribution >= 0.6 is 0 Å². The number of hydrogen-bond donors (Lipinski definition) is 2. The van der Waals surface area contributed by atoms with Gasteiger partial charge in [0.15, 0.2) is 5.76 Å². The van der Waals surface area contributed by atoms with Crippen molar-refractivity contribution in [1.82, 2.24) is 20.4 Å². The average molecular weight is 274 g/mol. The van der Waals surface area contributed by atoms with Crippen LogP contribution in [0.5, 0.6) is 0 Å². The molecule has 1 aliphatic heterocycles. The SMILES string of the molecule is Cc1ccc(-c2[nH]ncc2CNC[C@H]2CCCN2C)o1. The number of H-pyrrole nitrogens is 1. The Morgan fingerprint density at radius 2 is 2.40 bits per heavy atom. The van der Waals surface area contributed by atoms with Crippen molar-refractivity contribution in [1.29, 1.82) is 0 Å². The van der Waals surface area contributed by atoms with Crippen LogP contribution in [-0.4, -0.2) is 41.3 Å². The lowest BCUT2D eigenvalue weighted by molar-refractivity contribution is 0.300. The highest BCUT2D eigenvalue weighted by Gasteiger charge is 2.20. The van der Waals surface area contributed by atoms with Crippen LogP contribution in [-0.2, 0) is 6.54 Å². The van der Waals surface area contributed by atoms with E-state index in [4.69, 9.17) is 4.42 Å². The number of furan rings is 1. The molecule has 0 aromatic carbocycles. The monoisotopic (exact) mass is 274 g/mol. The summed E-state index contributed by atoms with van der Waals surface area (Å²) in [5.41, 5.74) is 2.13. The number of nitrogens with one attached hydrogen (secondary N) is 2. The maximum Gasteiger partial charge on any atom is 0.152 e. The first-order valence-corrected chi connectivity index (χ1v) is 7.24. The minimum Gasteiger partial charge on any atom is -0.460 e. The summed E-state index contributed by atoms with van der Waals surface area (Å²) < 4.78 is 5.66. The summed E-state index contributed by atoms with van der Waals surface area (Å²) >= 11 is 0. The van der Waals surface area contributed by atoms with E-state index in [1.807, 2.05) is 25.3 Å². The van der Waals surface area contributed by atoms with Crippen LogP contribution in [0, 0.1) is 6.92 Å². The van der Waals surface area contributed by atoms with Gasteiger partial charge >= 0.3 is 0 Å². The molecule has 0 unspecified atom stereocenters. The summed E-state index contributed by atoms with van der Waals surface area (Å²) in [6, 6.07) is 4.62. The van der Waals surface area contributed by atoms with Gasteiger partial charge < -0.3 is 14.6 Å². The predicted octanol–water partition coefficient (Wildman–Crippen LogP) is 2.16. The minimum absolute atomic E-state index is 0.663. The highest BCUT2D eigenvalue weighted by atomic mass is 16.3. The molecule has 0 saturated carbocycles. The predicted molar refractivity (Wildman–Crippen MR) is 78.4 cm³/mol. The standard InChI is InChI=1S/C15H22N4O/c1-11-5-6-14(20-11)15-12(9-17-18-15)8-16-10-13-4-3-7-19(13)2/h5-6,9,13,16H,3-4,7-8,10H2,1-2H3,(H,17,18)/t13-/m1/s1. The lowest BCUT2D eigenvalue weighted by Crippen LogP contribution is -2.35. The van der Waals surface area contributed by atoms with Crippen molar-refractivity contribution in [3.8, 4) is 11.5 Å². The second kappa shape index (κ2) is 5.81. The van der Waals surface area contributed by atoms with E-state index < -0.39 is 0 Å². The first kappa shape index (κ1) is 13.4. The zero-order chi connectivity index (χ0) is 13.9. The highest BCUT2D eigenvalue weighted by molar-refractivity contribution is 5.56. The van der Waals surface area contributed by atoms with Crippen molar-refractivity contribution in [3.05, 3.63) is 29.7 Å². The molecule has 5 heteroatoms. The molecular weight excluding hydrogens is 252 g/mol. The van der Waals surface area contributed by atoms with Gasteiger partial charge in [0.05, 0.1) is 6.20 Å². The van der Waals surface area contributed by atoms with Gasteiger partial charge in [-0.3, -0.25) is 5.10 Å². The summed E-state index contributed by atoms with van der Waals surface area (Å²) in [5.74, 6) is 1.77. The molecule has 1 atom stereocenters. The summed E-state index contributed by atoms with van der Waals surface area (Å²) in [6.07, 6.45) is 4.48. The molecule has 2 aromatic rings. The minimum atomic E-state index is 0.663. The second-order valence-corrected chi connectivity index (χ2v) is 5.59. The molecule has 108 valence electrons. The molecule has 3 rings (SSSR count). The summed E-state index contributed by atoms with van der Waals surface area (Å²) in [5, 5.41) is 10.7. The number of rotatable bonds is 5. The second-order valence-electron chi connectivity index (χ2n) is 5.59. The maximum atomic E-state index is 5.66. The summed E-state index contributed by atoms with van der Waals surface area (Å²) in [6.45, 7) is 5.01. The van der Waals surface area contributed by atoms with Crippen LogP contribution in [0.25, 0.3) is 11.5 Å². The van der Waals surface area contributed by atoms with Gasteiger partial charge in [-0.1, -0.05) is 0 Å². The number of hydrogen-bond acceptors (Lipinski definition) is 4. The van der Waals surface area contributed by atoms with E-state index >= 15 is 0 Å². The summed E-state index contributed by atoms with van der Waals surface area (Å²) in [7, 11) is 2.20. The first-order chi connectivity index (χ1) is 9.74. The largest absolute Gasteiger partial charge is 0.460 e. The molecule has 1 fully saturated rings. The zero-order valence-corrected chi connectivity index (χ0v) is 12.1. The first-order valence-electron chi connectivity index (χ1n) is 7.24. The van der Waals surface area contributed by atoms with Gasteiger partial charge in [-0.25, -0.2) is 0 Å². The van der Waals surface area contributed by atoms with Crippen molar-refractivity contribution >= 4 is 0 Å². The van der Waals surface area contributed by atoms with Gasteiger partial charge in [0.1, 0.15) is 11.5 Å².